The molecule has 2 aliphatic rings. The zero-order valence-electron chi connectivity index (χ0n) is 7.75. The molecule has 2 nitrogen and oxygen atoms in total. The number of carbonyl (C=O) groups is 1. The summed E-state index contributed by atoms with van der Waals surface area (Å²) in [5, 5.41) is 0. The van der Waals surface area contributed by atoms with Crippen molar-refractivity contribution in [3.8, 4) is 0 Å². The van der Waals surface area contributed by atoms with Gasteiger partial charge in [0.25, 0.3) is 0 Å². The van der Waals surface area contributed by atoms with E-state index in [-0.39, 0.29) is 0 Å². The van der Waals surface area contributed by atoms with Gasteiger partial charge in [0.1, 0.15) is 5.78 Å². The molecule has 0 bridgehead atoms. The van der Waals surface area contributed by atoms with Gasteiger partial charge < -0.3 is 4.90 Å². The van der Waals surface area contributed by atoms with Crippen molar-refractivity contribution in [2.75, 3.05) is 7.05 Å². The van der Waals surface area contributed by atoms with Gasteiger partial charge in [-0.3, -0.25) is 4.79 Å². The molecule has 0 aromatic rings. The van der Waals surface area contributed by atoms with Crippen LogP contribution in [0.5, 0.6) is 0 Å². The van der Waals surface area contributed by atoms with Crippen LogP contribution < -0.4 is 0 Å². The SMILES string of the molecule is CN(C1CCC(=O)CC1)C1CC1. The molecule has 12 heavy (non-hydrogen) atoms. The third kappa shape index (κ3) is 1.69. The second kappa shape index (κ2) is 3.17. The minimum absolute atomic E-state index is 0.468. The van der Waals surface area contributed by atoms with E-state index in [2.05, 4.69) is 11.9 Å². The van der Waals surface area contributed by atoms with E-state index in [4.69, 9.17) is 0 Å². The second-order valence-corrected chi connectivity index (χ2v) is 4.17. The number of hydrogen-bond acceptors (Lipinski definition) is 2. The first-order chi connectivity index (χ1) is 5.77. The maximum atomic E-state index is 11.0. The van der Waals surface area contributed by atoms with E-state index in [9.17, 15) is 4.79 Å². The molecule has 0 N–H and O–H groups in total. The fraction of sp³-hybridized carbons (Fsp3) is 0.900. The van der Waals surface area contributed by atoms with Crippen LogP contribution in [0.2, 0.25) is 0 Å². The molecule has 2 saturated carbocycles. The van der Waals surface area contributed by atoms with Crippen molar-refractivity contribution in [2.45, 2.75) is 50.6 Å². The lowest BCUT2D eigenvalue weighted by Crippen LogP contribution is -2.36. The summed E-state index contributed by atoms with van der Waals surface area (Å²) in [6.07, 6.45) is 6.60. The molecular weight excluding hydrogens is 150 g/mol. The predicted molar refractivity (Wildman–Crippen MR) is 48.0 cm³/mol. The van der Waals surface area contributed by atoms with E-state index in [1.54, 1.807) is 0 Å². The van der Waals surface area contributed by atoms with E-state index >= 15 is 0 Å². The van der Waals surface area contributed by atoms with Crippen LogP contribution in [0.25, 0.3) is 0 Å². The van der Waals surface area contributed by atoms with Gasteiger partial charge in [-0.05, 0) is 32.7 Å². The number of nitrogens with zero attached hydrogens (tertiary/aromatic N) is 1. The zero-order chi connectivity index (χ0) is 8.55. The molecule has 2 rings (SSSR count). The zero-order valence-corrected chi connectivity index (χ0v) is 7.75. The third-order valence-electron chi connectivity index (χ3n) is 3.21. The molecule has 0 radical (unpaired) electrons. The summed E-state index contributed by atoms with van der Waals surface area (Å²) in [5.74, 6) is 0.468. The van der Waals surface area contributed by atoms with Gasteiger partial charge in [-0.2, -0.15) is 0 Å². The predicted octanol–water partition coefficient (Wildman–Crippen LogP) is 1.59. The number of Topliss-reactive ketones (excluding diaryl/α,β-unsaturated/α-hetero) is 1. The van der Waals surface area contributed by atoms with Crippen LogP contribution in [0.3, 0.4) is 0 Å². The summed E-state index contributed by atoms with van der Waals surface area (Å²) in [5.41, 5.74) is 0. The Labute approximate surface area is 73.9 Å². The van der Waals surface area contributed by atoms with Crippen LogP contribution in [0.4, 0.5) is 0 Å². The molecule has 2 heteroatoms. The fourth-order valence-electron chi connectivity index (χ4n) is 2.11. The Morgan fingerprint density at radius 2 is 1.58 bits per heavy atom. The Morgan fingerprint density at radius 1 is 1.08 bits per heavy atom. The van der Waals surface area contributed by atoms with Gasteiger partial charge in [0.2, 0.25) is 0 Å². The lowest BCUT2D eigenvalue weighted by Gasteiger charge is -2.30. The van der Waals surface area contributed by atoms with E-state index in [1.807, 2.05) is 0 Å². The number of ketones is 1. The van der Waals surface area contributed by atoms with Crippen LogP contribution in [0.15, 0.2) is 0 Å². The van der Waals surface area contributed by atoms with Gasteiger partial charge >= 0.3 is 0 Å². The van der Waals surface area contributed by atoms with Crippen LogP contribution >= 0.6 is 0 Å². The quantitative estimate of drug-likeness (QED) is 0.622. The molecule has 0 unspecified atom stereocenters. The summed E-state index contributed by atoms with van der Waals surface area (Å²) in [6.45, 7) is 0. The molecule has 0 spiro atoms. The molecule has 68 valence electrons. The van der Waals surface area contributed by atoms with Crippen LogP contribution in [-0.4, -0.2) is 29.8 Å². The highest BCUT2D eigenvalue weighted by atomic mass is 16.1. The van der Waals surface area contributed by atoms with Gasteiger partial charge in [0, 0.05) is 24.9 Å². The third-order valence-corrected chi connectivity index (χ3v) is 3.21. The van der Waals surface area contributed by atoms with E-state index in [0.717, 1.165) is 31.7 Å². The highest BCUT2D eigenvalue weighted by molar-refractivity contribution is 5.79. The van der Waals surface area contributed by atoms with Crippen LogP contribution in [0, 0.1) is 0 Å². The van der Waals surface area contributed by atoms with Gasteiger partial charge in [0.15, 0.2) is 0 Å². The van der Waals surface area contributed by atoms with Crippen molar-refractivity contribution in [3.63, 3.8) is 0 Å². The molecular formula is C10H17NO. The molecule has 0 aliphatic heterocycles. The number of carbonyl (C=O) groups excluding carboxylic acids is 1. The molecule has 0 amide bonds. The number of rotatable bonds is 2. The molecule has 0 heterocycles. The molecule has 2 fully saturated rings. The number of hydrogen-bond donors (Lipinski definition) is 0. The summed E-state index contributed by atoms with van der Waals surface area (Å²) < 4.78 is 0. The van der Waals surface area contributed by atoms with Gasteiger partial charge in [0.05, 0.1) is 0 Å². The van der Waals surface area contributed by atoms with Crippen molar-refractivity contribution in [1.82, 2.24) is 4.90 Å². The fourth-order valence-corrected chi connectivity index (χ4v) is 2.11. The molecule has 0 aromatic carbocycles. The first kappa shape index (κ1) is 8.24. The lowest BCUT2D eigenvalue weighted by molar-refractivity contribution is -0.121. The standard InChI is InChI=1S/C10H17NO/c1-11(8-2-3-8)9-4-6-10(12)7-5-9/h8-9H,2-7H2,1H3. The van der Waals surface area contributed by atoms with Crippen molar-refractivity contribution in [1.29, 1.82) is 0 Å². The van der Waals surface area contributed by atoms with Crippen LogP contribution in [-0.2, 0) is 4.79 Å². The van der Waals surface area contributed by atoms with Gasteiger partial charge in [-0.1, -0.05) is 0 Å². The Morgan fingerprint density at radius 3 is 2.08 bits per heavy atom. The highest BCUT2D eigenvalue weighted by Crippen LogP contribution is 2.31. The van der Waals surface area contributed by atoms with Gasteiger partial charge in [-0.25, -0.2) is 0 Å². The van der Waals surface area contributed by atoms with Gasteiger partial charge in [-0.15, -0.1) is 0 Å². The van der Waals surface area contributed by atoms with E-state index in [1.165, 1.54) is 12.8 Å². The highest BCUT2D eigenvalue weighted by Gasteiger charge is 2.32. The first-order valence-electron chi connectivity index (χ1n) is 5.01. The van der Waals surface area contributed by atoms with Crippen molar-refractivity contribution in [2.24, 2.45) is 0 Å². The summed E-state index contributed by atoms with van der Waals surface area (Å²) in [6, 6.07) is 1.55. The normalized spacial score (nSPS) is 26.7. The maximum absolute atomic E-state index is 11.0. The largest absolute Gasteiger partial charge is 0.300 e. The monoisotopic (exact) mass is 167 g/mol. The van der Waals surface area contributed by atoms with Crippen molar-refractivity contribution < 1.29 is 4.79 Å². The second-order valence-electron chi connectivity index (χ2n) is 4.17. The minimum Gasteiger partial charge on any atom is -0.300 e. The van der Waals surface area contributed by atoms with Crippen molar-refractivity contribution in [3.05, 3.63) is 0 Å². The average molecular weight is 167 g/mol. The van der Waals surface area contributed by atoms with Crippen molar-refractivity contribution >= 4 is 5.78 Å². The molecule has 0 atom stereocenters. The Bertz CT molecular complexity index is 176. The Kier molecular flexibility index (Phi) is 2.18. The average Bonchev–Trinajstić information content (AvgIpc) is 2.87. The maximum Gasteiger partial charge on any atom is 0.133 e. The summed E-state index contributed by atoms with van der Waals surface area (Å²) >= 11 is 0. The van der Waals surface area contributed by atoms with Crippen LogP contribution in [0.1, 0.15) is 38.5 Å². The lowest BCUT2D eigenvalue weighted by atomic mass is 9.93. The molecule has 0 aromatic heterocycles. The molecule has 2 aliphatic carbocycles. The Balaban J connectivity index is 1.83. The smallest absolute Gasteiger partial charge is 0.133 e. The van der Waals surface area contributed by atoms with E-state index < -0.39 is 0 Å². The topological polar surface area (TPSA) is 20.3 Å². The molecule has 0 saturated heterocycles. The summed E-state index contributed by atoms with van der Waals surface area (Å²) in [7, 11) is 2.22. The minimum atomic E-state index is 0.468. The van der Waals surface area contributed by atoms with E-state index in [0.29, 0.717) is 11.8 Å². The first-order valence-corrected chi connectivity index (χ1v) is 5.01. The summed E-state index contributed by atoms with van der Waals surface area (Å²) in [4.78, 5) is 13.5. The Hall–Kier alpha value is -0.370.